The van der Waals surface area contributed by atoms with E-state index in [1.54, 1.807) is 0 Å². The molecule has 0 radical (unpaired) electrons. The van der Waals surface area contributed by atoms with E-state index in [9.17, 15) is 4.79 Å². The Labute approximate surface area is 135 Å². The van der Waals surface area contributed by atoms with Crippen molar-refractivity contribution in [1.29, 1.82) is 5.26 Å². The van der Waals surface area contributed by atoms with Crippen LogP contribution in [0, 0.1) is 17.2 Å². The lowest BCUT2D eigenvalue weighted by Crippen LogP contribution is -1.99. The van der Waals surface area contributed by atoms with Crippen molar-refractivity contribution in [2.75, 3.05) is 13.7 Å². The molecule has 1 unspecified atom stereocenters. The minimum absolute atomic E-state index is 0.115. The molecule has 4 nitrogen and oxygen atoms in total. The number of unbranched alkanes of at least 4 members (excludes halogenated alkanes) is 8. The van der Waals surface area contributed by atoms with E-state index in [1.165, 1.54) is 20.0 Å². The Kier molecular flexibility index (Phi) is 15.5. The standard InChI is InChI=1S/C18H33NO3/c1-22-18(21)14-10-5-3-2-4-8-12-17(16-19)13-9-6-7-11-15-20/h17,20H,2-15H2,1H3. The van der Waals surface area contributed by atoms with Gasteiger partial charge < -0.3 is 9.84 Å². The van der Waals surface area contributed by atoms with Crippen molar-refractivity contribution in [2.24, 2.45) is 5.92 Å². The fraction of sp³-hybridized carbons (Fsp3) is 0.889. The van der Waals surface area contributed by atoms with E-state index in [1.807, 2.05) is 0 Å². The molecule has 22 heavy (non-hydrogen) atoms. The number of hydrogen-bond donors (Lipinski definition) is 1. The minimum Gasteiger partial charge on any atom is -0.469 e. The molecule has 0 aromatic rings. The molecule has 0 aromatic heterocycles. The van der Waals surface area contributed by atoms with Crippen molar-refractivity contribution < 1.29 is 14.6 Å². The summed E-state index contributed by atoms with van der Waals surface area (Å²) in [7, 11) is 1.43. The Balaban J connectivity index is 3.36. The first kappa shape index (κ1) is 20.9. The number of rotatable bonds is 15. The molecular formula is C18H33NO3. The number of carbonyl (C=O) groups excluding carboxylic acids is 1. The van der Waals surface area contributed by atoms with Gasteiger partial charge in [-0.05, 0) is 25.7 Å². The molecule has 4 heteroatoms. The number of nitrogens with zero attached hydrogens (tertiary/aromatic N) is 1. The van der Waals surface area contributed by atoms with Crippen LogP contribution in [0.15, 0.2) is 0 Å². The number of methoxy groups -OCH3 is 1. The van der Waals surface area contributed by atoms with Crippen molar-refractivity contribution in [3.8, 4) is 6.07 Å². The number of esters is 1. The summed E-state index contributed by atoms with van der Waals surface area (Å²) in [6.45, 7) is 0.279. The average molecular weight is 311 g/mol. The summed E-state index contributed by atoms with van der Waals surface area (Å²) >= 11 is 0. The maximum absolute atomic E-state index is 10.9. The summed E-state index contributed by atoms with van der Waals surface area (Å²) < 4.78 is 4.61. The molecule has 0 rings (SSSR count). The van der Waals surface area contributed by atoms with Crippen LogP contribution in [0.4, 0.5) is 0 Å². The summed E-state index contributed by atoms with van der Waals surface area (Å²) in [5.74, 6) is 0.0873. The predicted octanol–water partition coefficient (Wildman–Crippen LogP) is 4.36. The van der Waals surface area contributed by atoms with Crippen LogP contribution in [-0.2, 0) is 9.53 Å². The van der Waals surface area contributed by atoms with Crippen LogP contribution < -0.4 is 0 Å². The SMILES string of the molecule is COC(=O)CCCCCCCCC(C#N)CCCCCCO. The smallest absolute Gasteiger partial charge is 0.305 e. The van der Waals surface area contributed by atoms with E-state index in [0.29, 0.717) is 6.42 Å². The van der Waals surface area contributed by atoms with Crippen LogP contribution in [-0.4, -0.2) is 24.8 Å². The molecule has 128 valence electrons. The lowest BCUT2D eigenvalue weighted by Gasteiger charge is -2.08. The highest BCUT2D eigenvalue weighted by Crippen LogP contribution is 2.18. The van der Waals surface area contributed by atoms with Crippen LogP contribution in [0.3, 0.4) is 0 Å². The van der Waals surface area contributed by atoms with Crippen molar-refractivity contribution in [2.45, 2.75) is 83.5 Å². The molecule has 0 spiro atoms. The fourth-order valence-corrected chi connectivity index (χ4v) is 2.60. The quantitative estimate of drug-likeness (QED) is 0.360. The van der Waals surface area contributed by atoms with Crippen molar-refractivity contribution in [3.63, 3.8) is 0 Å². The third-order valence-corrected chi connectivity index (χ3v) is 4.05. The fourth-order valence-electron chi connectivity index (χ4n) is 2.60. The van der Waals surface area contributed by atoms with Gasteiger partial charge in [0.15, 0.2) is 0 Å². The van der Waals surface area contributed by atoms with Gasteiger partial charge in [-0.3, -0.25) is 4.79 Å². The van der Waals surface area contributed by atoms with Gasteiger partial charge >= 0.3 is 5.97 Å². The number of ether oxygens (including phenoxy) is 1. The molecule has 0 saturated heterocycles. The minimum atomic E-state index is -0.115. The third kappa shape index (κ3) is 13.9. The van der Waals surface area contributed by atoms with Crippen LogP contribution >= 0.6 is 0 Å². The highest BCUT2D eigenvalue weighted by atomic mass is 16.5. The molecular weight excluding hydrogens is 278 g/mol. The van der Waals surface area contributed by atoms with Gasteiger partial charge in [-0.2, -0.15) is 5.26 Å². The number of carbonyl (C=O) groups is 1. The van der Waals surface area contributed by atoms with Gasteiger partial charge in [0.25, 0.3) is 0 Å². The van der Waals surface area contributed by atoms with Gasteiger partial charge in [-0.25, -0.2) is 0 Å². The van der Waals surface area contributed by atoms with Gasteiger partial charge in [0.05, 0.1) is 13.2 Å². The number of aliphatic hydroxyl groups is 1. The van der Waals surface area contributed by atoms with E-state index in [-0.39, 0.29) is 18.5 Å². The van der Waals surface area contributed by atoms with Crippen molar-refractivity contribution in [1.82, 2.24) is 0 Å². The Hall–Kier alpha value is -1.08. The number of aliphatic hydroxyl groups excluding tert-OH is 1. The first-order valence-electron chi connectivity index (χ1n) is 8.82. The molecule has 1 atom stereocenters. The predicted molar refractivity (Wildman–Crippen MR) is 88.2 cm³/mol. The molecule has 0 amide bonds. The largest absolute Gasteiger partial charge is 0.469 e. The topological polar surface area (TPSA) is 70.3 Å². The molecule has 0 fully saturated rings. The Morgan fingerprint density at radius 2 is 1.45 bits per heavy atom. The van der Waals surface area contributed by atoms with Gasteiger partial charge in [0, 0.05) is 18.9 Å². The highest BCUT2D eigenvalue weighted by molar-refractivity contribution is 5.68. The van der Waals surface area contributed by atoms with Gasteiger partial charge in [0.1, 0.15) is 0 Å². The van der Waals surface area contributed by atoms with E-state index in [2.05, 4.69) is 10.8 Å². The van der Waals surface area contributed by atoms with Gasteiger partial charge in [-0.1, -0.05) is 51.4 Å². The summed E-state index contributed by atoms with van der Waals surface area (Å²) in [5.41, 5.74) is 0. The average Bonchev–Trinajstić information content (AvgIpc) is 2.54. The monoisotopic (exact) mass is 311 g/mol. The van der Waals surface area contributed by atoms with Crippen LogP contribution in [0.1, 0.15) is 83.5 Å². The second kappa shape index (κ2) is 16.3. The molecule has 0 aromatic carbocycles. The van der Waals surface area contributed by atoms with Gasteiger partial charge in [-0.15, -0.1) is 0 Å². The summed E-state index contributed by atoms with van der Waals surface area (Å²) in [6.07, 6.45) is 13.4. The molecule has 0 aliphatic carbocycles. The van der Waals surface area contributed by atoms with Gasteiger partial charge in [0.2, 0.25) is 0 Å². The molecule has 0 aliphatic heterocycles. The number of nitriles is 1. The molecule has 0 aliphatic rings. The highest BCUT2D eigenvalue weighted by Gasteiger charge is 2.06. The van der Waals surface area contributed by atoms with E-state index in [0.717, 1.165) is 64.2 Å². The Bertz CT molecular complexity index is 299. The summed E-state index contributed by atoms with van der Waals surface area (Å²) in [4.78, 5) is 10.9. The van der Waals surface area contributed by atoms with Crippen molar-refractivity contribution in [3.05, 3.63) is 0 Å². The third-order valence-electron chi connectivity index (χ3n) is 4.05. The molecule has 0 bridgehead atoms. The zero-order chi connectivity index (χ0) is 16.5. The van der Waals surface area contributed by atoms with Crippen LogP contribution in [0.2, 0.25) is 0 Å². The van der Waals surface area contributed by atoms with Crippen LogP contribution in [0.25, 0.3) is 0 Å². The van der Waals surface area contributed by atoms with E-state index >= 15 is 0 Å². The van der Waals surface area contributed by atoms with E-state index < -0.39 is 0 Å². The molecule has 0 saturated carbocycles. The second-order valence-electron chi connectivity index (χ2n) is 5.99. The summed E-state index contributed by atoms with van der Waals surface area (Å²) in [6, 6.07) is 2.42. The Morgan fingerprint density at radius 1 is 0.955 bits per heavy atom. The Morgan fingerprint density at radius 3 is 1.95 bits per heavy atom. The molecule has 0 heterocycles. The normalized spacial score (nSPS) is 11.9. The number of hydrogen-bond acceptors (Lipinski definition) is 4. The second-order valence-corrected chi connectivity index (χ2v) is 5.99. The van der Waals surface area contributed by atoms with Crippen LogP contribution in [0.5, 0.6) is 0 Å². The lowest BCUT2D eigenvalue weighted by molar-refractivity contribution is -0.140. The van der Waals surface area contributed by atoms with E-state index in [4.69, 9.17) is 10.4 Å². The lowest BCUT2D eigenvalue weighted by atomic mass is 9.95. The first-order chi connectivity index (χ1) is 10.7. The first-order valence-corrected chi connectivity index (χ1v) is 8.82. The maximum Gasteiger partial charge on any atom is 0.305 e. The van der Waals surface area contributed by atoms with Crippen molar-refractivity contribution >= 4 is 5.97 Å². The molecule has 1 N–H and O–H groups in total. The zero-order valence-corrected chi connectivity index (χ0v) is 14.2. The maximum atomic E-state index is 10.9. The zero-order valence-electron chi connectivity index (χ0n) is 14.2. The summed E-state index contributed by atoms with van der Waals surface area (Å²) in [5, 5.41) is 17.8.